The highest BCUT2D eigenvalue weighted by atomic mass is 16.3. The Morgan fingerprint density at radius 1 is 1.26 bits per heavy atom. The molecule has 1 aliphatic rings. The molecule has 8 nitrogen and oxygen atoms in total. The van der Waals surface area contributed by atoms with Crippen molar-refractivity contribution in [3.05, 3.63) is 43.9 Å². The molecule has 0 unspecified atom stereocenters. The summed E-state index contributed by atoms with van der Waals surface area (Å²) < 4.78 is 1.16. The summed E-state index contributed by atoms with van der Waals surface area (Å²) in [6.45, 7) is 14.5. The maximum Gasteiger partial charge on any atom is 0.271 e. The molecule has 0 saturated carbocycles. The summed E-state index contributed by atoms with van der Waals surface area (Å²) in [5.41, 5.74) is 2.51. The molecule has 0 saturated heterocycles. The zero-order valence-corrected chi connectivity index (χ0v) is 19.2. The minimum atomic E-state index is -0.520. The van der Waals surface area contributed by atoms with Crippen LogP contribution in [0.2, 0.25) is 0 Å². The van der Waals surface area contributed by atoms with E-state index in [9.17, 15) is 20.0 Å². The molecule has 8 heteroatoms. The highest BCUT2D eigenvalue weighted by molar-refractivity contribution is 6.24. The molecule has 1 aromatic heterocycles. The molecule has 2 rings (SSSR count). The summed E-state index contributed by atoms with van der Waals surface area (Å²) in [6.07, 6.45) is 1.63. The first-order valence-electron chi connectivity index (χ1n) is 10.6. The van der Waals surface area contributed by atoms with Crippen molar-refractivity contribution in [1.82, 2.24) is 14.8 Å². The van der Waals surface area contributed by atoms with Crippen LogP contribution in [-0.2, 0) is 11.3 Å². The normalized spacial score (nSPS) is 14.9. The third kappa shape index (κ3) is 4.78. The van der Waals surface area contributed by atoms with Crippen molar-refractivity contribution in [3.8, 4) is 11.9 Å². The number of likely N-dealkylation sites (N-methyl/N-ethyl adjacent to an activating group) is 1. The fourth-order valence-corrected chi connectivity index (χ4v) is 3.72. The number of amides is 1. The molecule has 0 radical (unpaired) electrons. The molecule has 1 aliphatic heterocycles. The second kappa shape index (κ2) is 10.2. The molecule has 1 aromatic rings. The Bertz CT molecular complexity index is 1070. The second-order valence-electron chi connectivity index (χ2n) is 7.41. The molecule has 1 amide bonds. The van der Waals surface area contributed by atoms with Crippen molar-refractivity contribution >= 4 is 17.7 Å². The number of carbonyl (C=O) groups excluding carboxylic acids is 1. The maximum absolute atomic E-state index is 12.8. The lowest BCUT2D eigenvalue weighted by molar-refractivity contribution is -0.117. The number of nitriles is 1. The molecule has 0 spiro atoms. The van der Waals surface area contributed by atoms with Gasteiger partial charge >= 0.3 is 0 Å². The molecule has 2 N–H and O–H groups in total. The van der Waals surface area contributed by atoms with E-state index in [1.807, 2.05) is 6.07 Å². The van der Waals surface area contributed by atoms with Gasteiger partial charge in [-0.05, 0) is 58.0 Å². The molecule has 0 aromatic carbocycles. The standard InChI is InChI=1S/C23H31N5O3/c1-7-27(8-2)11-10-25-21(29)20-15(5)19(26-16(20)6)12-17-14(4)18(13-24)23(31)28(9-3)22(17)30/h12,30H,7-11H2,1-6H3,(H,25,29). The SMILES string of the molecule is CCN(CC)CCNC(=O)C1=C(C)C(=Cc2c(C)c(C#N)c(=O)n(CC)c2O)N=C1C. The van der Waals surface area contributed by atoms with Gasteiger partial charge in [-0.25, -0.2) is 0 Å². The topological polar surface area (TPSA) is 111 Å². The number of nitrogens with zero attached hydrogens (tertiary/aromatic N) is 4. The predicted octanol–water partition coefficient (Wildman–Crippen LogP) is 2.34. The van der Waals surface area contributed by atoms with Gasteiger partial charge in [-0.1, -0.05) is 13.8 Å². The number of aromatic nitrogens is 1. The first-order valence-corrected chi connectivity index (χ1v) is 10.6. The Morgan fingerprint density at radius 3 is 2.45 bits per heavy atom. The highest BCUT2D eigenvalue weighted by Gasteiger charge is 2.25. The smallest absolute Gasteiger partial charge is 0.271 e. The van der Waals surface area contributed by atoms with Gasteiger partial charge in [-0.15, -0.1) is 0 Å². The lowest BCUT2D eigenvalue weighted by Gasteiger charge is -2.18. The van der Waals surface area contributed by atoms with Gasteiger partial charge in [-0.3, -0.25) is 19.1 Å². The zero-order valence-electron chi connectivity index (χ0n) is 19.2. The van der Waals surface area contributed by atoms with Crippen molar-refractivity contribution < 1.29 is 9.90 Å². The van der Waals surface area contributed by atoms with E-state index in [-0.39, 0.29) is 23.9 Å². The Morgan fingerprint density at radius 2 is 1.90 bits per heavy atom. The van der Waals surface area contributed by atoms with Crippen molar-refractivity contribution in [1.29, 1.82) is 5.26 Å². The number of hydrogen-bond acceptors (Lipinski definition) is 6. The van der Waals surface area contributed by atoms with Gasteiger partial charge in [0, 0.05) is 25.2 Å². The van der Waals surface area contributed by atoms with Crippen LogP contribution in [0.1, 0.15) is 51.3 Å². The van der Waals surface area contributed by atoms with Gasteiger partial charge < -0.3 is 15.3 Å². The monoisotopic (exact) mass is 425 g/mol. The van der Waals surface area contributed by atoms with E-state index >= 15 is 0 Å². The Labute approximate surface area is 183 Å². The predicted molar refractivity (Wildman–Crippen MR) is 122 cm³/mol. The lowest BCUT2D eigenvalue weighted by Crippen LogP contribution is -2.36. The summed E-state index contributed by atoms with van der Waals surface area (Å²) in [4.78, 5) is 31.9. The summed E-state index contributed by atoms with van der Waals surface area (Å²) in [5.74, 6) is -0.402. The first kappa shape index (κ1) is 24.1. The van der Waals surface area contributed by atoms with Gasteiger partial charge in [0.25, 0.3) is 11.5 Å². The van der Waals surface area contributed by atoms with Crippen LogP contribution in [0.4, 0.5) is 0 Å². The second-order valence-corrected chi connectivity index (χ2v) is 7.41. The maximum atomic E-state index is 12.8. The van der Waals surface area contributed by atoms with E-state index in [1.165, 1.54) is 0 Å². The van der Waals surface area contributed by atoms with E-state index in [0.29, 0.717) is 40.2 Å². The van der Waals surface area contributed by atoms with Crippen LogP contribution in [0.3, 0.4) is 0 Å². The van der Waals surface area contributed by atoms with E-state index in [2.05, 4.69) is 29.1 Å². The number of rotatable bonds is 8. The quantitative estimate of drug-likeness (QED) is 0.664. The van der Waals surface area contributed by atoms with Crippen LogP contribution in [0.15, 0.2) is 26.6 Å². The van der Waals surface area contributed by atoms with Gasteiger partial charge in [0.05, 0.1) is 17.0 Å². The van der Waals surface area contributed by atoms with Gasteiger partial charge in [0.2, 0.25) is 5.88 Å². The molecule has 0 fully saturated rings. The van der Waals surface area contributed by atoms with Crippen LogP contribution in [0.25, 0.3) is 6.08 Å². The number of carbonyl (C=O) groups is 1. The Kier molecular flexibility index (Phi) is 7.95. The number of hydrogen-bond donors (Lipinski definition) is 2. The number of nitrogens with one attached hydrogen (secondary N) is 1. The number of aliphatic imine (C=N–C) groups is 1. The van der Waals surface area contributed by atoms with E-state index in [4.69, 9.17) is 0 Å². The number of aromatic hydroxyl groups is 1. The van der Waals surface area contributed by atoms with E-state index < -0.39 is 5.56 Å². The Balaban J connectivity index is 2.42. The largest absolute Gasteiger partial charge is 0.494 e. The van der Waals surface area contributed by atoms with Crippen LogP contribution in [0, 0.1) is 18.3 Å². The molecule has 0 atom stereocenters. The summed E-state index contributed by atoms with van der Waals surface area (Å²) >= 11 is 0. The average Bonchev–Trinajstić information content (AvgIpc) is 3.02. The molecule has 2 heterocycles. The van der Waals surface area contributed by atoms with Crippen molar-refractivity contribution in [3.63, 3.8) is 0 Å². The third-order valence-corrected chi connectivity index (χ3v) is 5.69. The van der Waals surface area contributed by atoms with Crippen molar-refractivity contribution in [2.24, 2.45) is 4.99 Å². The van der Waals surface area contributed by atoms with Crippen LogP contribution < -0.4 is 10.9 Å². The summed E-state index contributed by atoms with van der Waals surface area (Å²) in [5, 5.41) is 23.0. The van der Waals surface area contributed by atoms with Gasteiger partial charge in [0.15, 0.2) is 0 Å². The van der Waals surface area contributed by atoms with Crippen LogP contribution >= 0.6 is 0 Å². The summed E-state index contributed by atoms with van der Waals surface area (Å²) in [7, 11) is 0. The fourth-order valence-electron chi connectivity index (χ4n) is 3.72. The Hall–Kier alpha value is -3.18. The molecule has 166 valence electrons. The van der Waals surface area contributed by atoms with Crippen molar-refractivity contribution in [2.45, 2.75) is 48.1 Å². The minimum absolute atomic E-state index is 0.0128. The summed E-state index contributed by atoms with van der Waals surface area (Å²) in [6, 6.07) is 1.93. The average molecular weight is 426 g/mol. The van der Waals surface area contributed by atoms with Crippen LogP contribution in [-0.4, -0.2) is 52.4 Å². The lowest BCUT2D eigenvalue weighted by atomic mass is 10.0. The van der Waals surface area contributed by atoms with Crippen LogP contribution in [0.5, 0.6) is 5.88 Å². The minimum Gasteiger partial charge on any atom is -0.494 e. The molecule has 0 bridgehead atoms. The fraction of sp³-hybridized carbons (Fsp3) is 0.478. The molecule has 31 heavy (non-hydrogen) atoms. The third-order valence-electron chi connectivity index (χ3n) is 5.69. The first-order chi connectivity index (χ1) is 14.7. The number of allylic oxidation sites excluding steroid dienone is 1. The van der Waals surface area contributed by atoms with Gasteiger partial charge in [0.1, 0.15) is 11.6 Å². The number of pyridine rings is 1. The van der Waals surface area contributed by atoms with E-state index in [1.54, 1.807) is 33.8 Å². The van der Waals surface area contributed by atoms with E-state index in [0.717, 1.165) is 24.2 Å². The highest BCUT2D eigenvalue weighted by Crippen LogP contribution is 2.31. The molecular formula is C23H31N5O3. The zero-order chi connectivity index (χ0) is 23.3. The molecule has 0 aliphatic carbocycles. The van der Waals surface area contributed by atoms with Gasteiger partial charge in [-0.2, -0.15) is 5.26 Å². The van der Waals surface area contributed by atoms with Crippen molar-refractivity contribution in [2.75, 3.05) is 26.2 Å². The molecular weight excluding hydrogens is 394 g/mol.